The summed E-state index contributed by atoms with van der Waals surface area (Å²) >= 11 is 8.20. The van der Waals surface area contributed by atoms with E-state index in [1.165, 1.54) is 0 Å². The zero-order valence-electron chi connectivity index (χ0n) is 9.93. The number of hydrogen-bond acceptors (Lipinski definition) is 4. The van der Waals surface area contributed by atoms with E-state index in [1.807, 2.05) is 24.3 Å². The van der Waals surface area contributed by atoms with Gasteiger partial charge in [-0.2, -0.15) is 5.11 Å². The standard InChI is InChI=1S/C12H13ClN2O2S/c1-2-17-11(16)14-15-12(13)7-8-18-10-6-4-3-5-9(10)12/h3-6H,2,7-8H2,1H3/b15-14+. The van der Waals surface area contributed by atoms with Crippen molar-refractivity contribution in [3.63, 3.8) is 0 Å². The molecule has 0 saturated carbocycles. The second kappa shape index (κ2) is 5.71. The normalized spacial score (nSPS) is 22.8. The molecule has 1 unspecified atom stereocenters. The number of thioether (sulfide) groups is 1. The molecule has 0 fully saturated rings. The molecular formula is C12H13ClN2O2S. The van der Waals surface area contributed by atoms with E-state index in [4.69, 9.17) is 16.3 Å². The second-order valence-corrected chi connectivity index (χ2v) is 5.51. The Hall–Kier alpha value is -1.07. The summed E-state index contributed by atoms with van der Waals surface area (Å²) in [5, 5.41) is 7.51. The maximum Gasteiger partial charge on any atom is 0.452 e. The molecule has 18 heavy (non-hydrogen) atoms. The van der Waals surface area contributed by atoms with Crippen molar-refractivity contribution in [1.29, 1.82) is 0 Å². The van der Waals surface area contributed by atoms with Crippen LogP contribution in [0.5, 0.6) is 0 Å². The molecule has 4 nitrogen and oxygen atoms in total. The van der Waals surface area contributed by atoms with E-state index in [9.17, 15) is 4.79 Å². The van der Waals surface area contributed by atoms with Crippen LogP contribution in [-0.4, -0.2) is 18.5 Å². The van der Waals surface area contributed by atoms with Crippen LogP contribution in [0.4, 0.5) is 4.79 Å². The largest absolute Gasteiger partial charge is 0.452 e. The van der Waals surface area contributed by atoms with Crippen LogP contribution in [0, 0.1) is 0 Å². The highest BCUT2D eigenvalue weighted by atomic mass is 35.5. The first-order chi connectivity index (χ1) is 8.65. The summed E-state index contributed by atoms with van der Waals surface area (Å²) in [7, 11) is 0. The number of halogens is 1. The molecule has 2 rings (SSSR count). The van der Waals surface area contributed by atoms with Gasteiger partial charge in [0.1, 0.15) is 0 Å². The first kappa shape index (κ1) is 13.4. The van der Waals surface area contributed by atoms with Gasteiger partial charge in [-0.25, -0.2) is 4.79 Å². The van der Waals surface area contributed by atoms with E-state index in [2.05, 4.69) is 10.2 Å². The molecule has 0 bridgehead atoms. The number of hydrogen-bond donors (Lipinski definition) is 0. The van der Waals surface area contributed by atoms with Gasteiger partial charge >= 0.3 is 6.09 Å². The summed E-state index contributed by atoms with van der Waals surface area (Å²) in [5.74, 6) is 0.850. The summed E-state index contributed by atoms with van der Waals surface area (Å²) in [4.78, 5) is 11.3. The Bertz CT molecular complexity index is 481. The third kappa shape index (κ3) is 2.84. The molecule has 0 aromatic heterocycles. The molecule has 1 heterocycles. The molecule has 1 aliphatic rings. The van der Waals surface area contributed by atoms with Gasteiger partial charge < -0.3 is 4.74 Å². The van der Waals surface area contributed by atoms with E-state index < -0.39 is 11.1 Å². The molecule has 0 N–H and O–H groups in total. The van der Waals surface area contributed by atoms with Gasteiger partial charge in [0, 0.05) is 22.6 Å². The summed E-state index contributed by atoms with van der Waals surface area (Å²) in [6.07, 6.45) is -0.0627. The minimum atomic E-state index is -0.950. The van der Waals surface area contributed by atoms with Crippen LogP contribution in [0.15, 0.2) is 39.4 Å². The summed E-state index contributed by atoms with van der Waals surface area (Å²) < 4.78 is 4.70. The number of azo groups is 1. The Morgan fingerprint density at radius 3 is 3.11 bits per heavy atom. The van der Waals surface area contributed by atoms with E-state index >= 15 is 0 Å². The van der Waals surface area contributed by atoms with Crippen molar-refractivity contribution in [2.75, 3.05) is 12.4 Å². The van der Waals surface area contributed by atoms with Crippen molar-refractivity contribution in [2.45, 2.75) is 23.2 Å². The molecule has 1 aromatic rings. The van der Waals surface area contributed by atoms with Crippen molar-refractivity contribution < 1.29 is 9.53 Å². The third-order valence-electron chi connectivity index (χ3n) is 2.55. The maximum atomic E-state index is 11.2. The fourth-order valence-corrected chi connectivity index (χ4v) is 3.37. The summed E-state index contributed by atoms with van der Waals surface area (Å²) in [5.41, 5.74) is 0.899. The lowest BCUT2D eigenvalue weighted by Crippen LogP contribution is -2.21. The second-order valence-electron chi connectivity index (χ2n) is 3.75. The Labute approximate surface area is 115 Å². The van der Waals surface area contributed by atoms with Crippen molar-refractivity contribution >= 4 is 29.5 Å². The molecule has 0 saturated heterocycles. The first-order valence-electron chi connectivity index (χ1n) is 5.66. The molecule has 6 heteroatoms. The van der Waals surface area contributed by atoms with Gasteiger partial charge in [-0.3, -0.25) is 0 Å². The number of alkyl halides is 1. The predicted molar refractivity (Wildman–Crippen MR) is 71.2 cm³/mol. The van der Waals surface area contributed by atoms with Crippen LogP contribution in [-0.2, 0) is 9.73 Å². The highest BCUT2D eigenvalue weighted by molar-refractivity contribution is 7.99. The molecule has 0 radical (unpaired) electrons. The molecule has 0 aliphatic carbocycles. The van der Waals surface area contributed by atoms with E-state index in [0.717, 1.165) is 16.2 Å². The third-order valence-corrected chi connectivity index (χ3v) is 4.09. The Morgan fingerprint density at radius 1 is 1.56 bits per heavy atom. The molecular weight excluding hydrogens is 272 g/mol. The molecule has 1 aliphatic heterocycles. The number of carbonyl (C=O) groups is 1. The minimum absolute atomic E-state index is 0.277. The summed E-state index contributed by atoms with van der Waals surface area (Å²) in [6.45, 7) is 2.00. The predicted octanol–water partition coefficient (Wildman–Crippen LogP) is 4.18. The lowest BCUT2D eigenvalue weighted by Gasteiger charge is -2.28. The van der Waals surface area contributed by atoms with Gasteiger partial charge in [0.05, 0.1) is 6.61 Å². The average Bonchev–Trinajstić information content (AvgIpc) is 2.38. The van der Waals surface area contributed by atoms with Crippen molar-refractivity contribution in [3.05, 3.63) is 29.8 Å². The number of rotatable bonds is 2. The number of ether oxygens (including phenoxy) is 1. The van der Waals surface area contributed by atoms with Gasteiger partial charge in [-0.1, -0.05) is 34.9 Å². The molecule has 96 valence electrons. The van der Waals surface area contributed by atoms with Gasteiger partial charge in [-0.05, 0) is 13.0 Å². The van der Waals surface area contributed by atoms with Crippen LogP contribution in [0.1, 0.15) is 18.9 Å². The van der Waals surface area contributed by atoms with Gasteiger partial charge in [0.2, 0.25) is 0 Å². The number of benzene rings is 1. The lowest BCUT2D eigenvalue weighted by atomic mass is 10.0. The van der Waals surface area contributed by atoms with E-state index in [0.29, 0.717) is 6.42 Å². The van der Waals surface area contributed by atoms with Crippen LogP contribution in [0.25, 0.3) is 0 Å². The SMILES string of the molecule is CCOC(=O)/N=N/C1(Cl)CCSc2ccccc21. The highest BCUT2D eigenvalue weighted by Crippen LogP contribution is 2.45. The maximum absolute atomic E-state index is 11.2. The number of nitrogens with zero attached hydrogens (tertiary/aromatic N) is 2. The fourth-order valence-electron chi connectivity index (χ4n) is 1.72. The molecule has 1 aromatic carbocycles. The Balaban J connectivity index is 2.24. The summed E-state index contributed by atoms with van der Waals surface area (Å²) in [6, 6.07) is 7.77. The zero-order valence-corrected chi connectivity index (χ0v) is 11.5. The van der Waals surface area contributed by atoms with Gasteiger partial charge in [0.15, 0.2) is 5.00 Å². The Kier molecular flexibility index (Phi) is 4.24. The van der Waals surface area contributed by atoms with E-state index in [1.54, 1.807) is 18.7 Å². The number of fused-ring (bicyclic) bond motifs is 1. The molecule has 1 amide bonds. The van der Waals surface area contributed by atoms with Crippen LogP contribution >= 0.6 is 23.4 Å². The fraction of sp³-hybridized carbons (Fsp3) is 0.417. The Morgan fingerprint density at radius 2 is 2.33 bits per heavy atom. The van der Waals surface area contributed by atoms with Crippen molar-refractivity contribution in [1.82, 2.24) is 0 Å². The average molecular weight is 285 g/mol. The quantitative estimate of drug-likeness (QED) is 0.465. The lowest BCUT2D eigenvalue weighted by molar-refractivity contribution is 0.160. The van der Waals surface area contributed by atoms with Crippen LogP contribution in [0.3, 0.4) is 0 Å². The van der Waals surface area contributed by atoms with Crippen molar-refractivity contribution in [2.24, 2.45) is 10.2 Å². The van der Waals surface area contributed by atoms with Crippen LogP contribution < -0.4 is 0 Å². The van der Waals surface area contributed by atoms with E-state index in [-0.39, 0.29) is 6.61 Å². The van der Waals surface area contributed by atoms with Gasteiger partial charge in [0.25, 0.3) is 0 Å². The molecule has 0 spiro atoms. The minimum Gasteiger partial charge on any atom is -0.447 e. The topological polar surface area (TPSA) is 51.0 Å². The van der Waals surface area contributed by atoms with Gasteiger partial charge in [-0.15, -0.1) is 11.8 Å². The zero-order chi connectivity index (χ0) is 13.0. The monoisotopic (exact) mass is 284 g/mol. The van der Waals surface area contributed by atoms with Crippen LogP contribution in [0.2, 0.25) is 0 Å². The smallest absolute Gasteiger partial charge is 0.447 e. The number of amides is 1. The number of carbonyl (C=O) groups excluding carboxylic acids is 1. The van der Waals surface area contributed by atoms with Crippen molar-refractivity contribution in [3.8, 4) is 0 Å². The highest BCUT2D eigenvalue weighted by Gasteiger charge is 2.35. The first-order valence-corrected chi connectivity index (χ1v) is 7.03. The molecule has 1 atom stereocenters.